The topological polar surface area (TPSA) is 78.5 Å². The number of hydrogen-bond acceptors (Lipinski definition) is 3. The molecule has 6 nitrogen and oxygen atoms in total. The second kappa shape index (κ2) is 10.2. The second-order valence-corrected chi connectivity index (χ2v) is 7.98. The fourth-order valence-corrected chi connectivity index (χ4v) is 3.56. The first kappa shape index (κ1) is 21.9. The number of nitrogens with one attached hydrogen (secondary N) is 2. The molecule has 154 valence electrons. The van der Waals surface area contributed by atoms with Crippen LogP contribution in [-0.4, -0.2) is 48.3 Å². The predicted molar refractivity (Wildman–Crippen MR) is 110 cm³/mol. The van der Waals surface area contributed by atoms with E-state index in [1.54, 1.807) is 6.07 Å². The summed E-state index contributed by atoms with van der Waals surface area (Å²) in [6.07, 6.45) is 1.91. The Bertz CT molecular complexity index is 694. The number of rotatable bonds is 7. The molecule has 1 aromatic carbocycles. The Balaban J connectivity index is 2.11. The first-order chi connectivity index (χ1) is 13.3. The third kappa shape index (κ3) is 5.81. The molecule has 0 spiro atoms. The van der Waals surface area contributed by atoms with Crippen molar-refractivity contribution in [1.82, 2.24) is 15.5 Å². The van der Waals surface area contributed by atoms with Crippen LogP contribution in [0.2, 0.25) is 0 Å². The number of likely N-dealkylation sites (tertiary alicyclic amines) is 1. The van der Waals surface area contributed by atoms with Crippen molar-refractivity contribution in [2.75, 3.05) is 19.6 Å². The van der Waals surface area contributed by atoms with Crippen LogP contribution in [0.5, 0.6) is 0 Å². The van der Waals surface area contributed by atoms with Crippen molar-refractivity contribution in [2.24, 2.45) is 11.8 Å². The molecule has 28 heavy (non-hydrogen) atoms. The van der Waals surface area contributed by atoms with Gasteiger partial charge in [0.05, 0.1) is 0 Å². The highest BCUT2D eigenvalue weighted by Crippen LogP contribution is 2.22. The highest BCUT2D eigenvalue weighted by atomic mass is 16.2. The number of amides is 3. The fourth-order valence-electron chi connectivity index (χ4n) is 3.56. The number of carbonyl (C=O) groups is 3. The van der Waals surface area contributed by atoms with Crippen molar-refractivity contribution < 1.29 is 14.4 Å². The molecular formula is C22H33N3O3. The van der Waals surface area contributed by atoms with E-state index in [-0.39, 0.29) is 23.6 Å². The van der Waals surface area contributed by atoms with Crippen LogP contribution in [0.3, 0.4) is 0 Å². The van der Waals surface area contributed by atoms with E-state index in [0.717, 1.165) is 5.56 Å². The number of aryl methyl sites for hydroxylation is 1. The minimum atomic E-state index is -0.593. The molecule has 3 amide bonds. The minimum absolute atomic E-state index is 0.0148. The SMILES string of the molecule is CCC(=O)N1CCC(C(NC(=O)c2ccccc2C)C(=O)NCC(C)C)CC1. The predicted octanol–water partition coefficient (Wildman–Crippen LogP) is 2.51. The summed E-state index contributed by atoms with van der Waals surface area (Å²) < 4.78 is 0. The molecule has 1 unspecified atom stereocenters. The number of carbonyl (C=O) groups excluding carboxylic acids is 3. The van der Waals surface area contributed by atoms with Crippen LogP contribution in [0, 0.1) is 18.8 Å². The lowest BCUT2D eigenvalue weighted by molar-refractivity contribution is -0.132. The maximum absolute atomic E-state index is 12.9. The lowest BCUT2D eigenvalue weighted by Gasteiger charge is -2.36. The molecule has 1 heterocycles. The molecule has 0 bridgehead atoms. The maximum atomic E-state index is 12.9. The van der Waals surface area contributed by atoms with E-state index in [0.29, 0.717) is 50.4 Å². The van der Waals surface area contributed by atoms with Crippen LogP contribution in [0.15, 0.2) is 24.3 Å². The van der Waals surface area contributed by atoms with Crippen molar-refractivity contribution in [2.45, 2.75) is 53.0 Å². The van der Waals surface area contributed by atoms with E-state index >= 15 is 0 Å². The molecule has 2 N–H and O–H groups in total. The molecule has 2 rings (SSSR count). The largest absolute Gasteiger partial charge is 0.354 e. The van der Waals surface area contributed by atoms with E-state index in [1.165, 1.54) is 0 Å². The van der Waals surface area contributed by atoms with Gasteiger partial charge in [-0.15, -0.1) is 0 Å². The van der Waals surface area contributed by atoms with Crippen LogP contribution in [0.1, 0.15) is 56.0 Å². The van der Waals surface area contributed by atoms with Crippen LogP contribution >= 0.6 is 0 Å². The Morgan fingerprint density at radius 3 is 2.36 bits per heavy atom. The fraction of sp³-hybridized carbons (Fsp3) is 0.591. The van der Waals surface area contributed by atoms with Gasteiger partial charge in [-0.2, -0.15) is 0 Å². The number of nitrogens with zero attached hydrogens (tertiary/aromatic N) is 1. The monoisotopic (exact) mass is 387 g/mol. The summed E-state index contributed by atoms with van der Waals surface area (Å²) >= 11 is 0. The third-order valence-electron chi connectivity index (χ3n) is 5.31. The van der Waals surface area contributed by atoms with Crippen molar-refractivity contribution in [3.05, 3.63) is 35.4 Å². The highest BCUT2D eigenvalue weighted by Gasteiger charge is 2.33. The highest BCUT2D eigenvalue weighted by molar-refractivity contribution is 5.98. The molecule has 6 heteroatoms. The Labute approximate surface area is 168 Å². The summed E-state index contributed by atoms with van der Waals surface area (Å²) in [4.78, 5) is 39.5. The number of piperidine rings is 1. The molecule has 1 saturated heterocycles. The van der Waals surface area contributed by atoms with Gasteiger partial charge in [0.1, 0.15) is 6.04 Å². The first-order valence-electron chi connectivity index (χ1n) is 10.3. The van der Waals surface area contributed by atoms with E-state index in [1.807, 2.05) is 50.8 Å². The normalized spacial score (nSPS) is 16.0. The van der Waals surface area contributed by atoms with Gasteiger partial charge in [-0.25, -0.2) is 0 Å². The van der Waals surface area contributed by atoms with Crippen molar-refractivity contribution in [1.29, 1.82) is 0 Å². The van der Waals surface area contributed by atoms with Crippen LogP contribution in [0.4, 0.5) is 0 Å². The van der Waals surface area contributed by atoms with Gasteiger partial charge in [0.2, 0.25) is 11.8 Å². The van der Waals surface area contributed by atoms with E-state index in [9.17, 15) is 14.4 Å². The van der Waals surface area contributed by atoms with Gasteiger partial charge in [-0.1, -0.05) is 39.0 Å². The summed E-state index contributed by atoms with van der Waals surface area (Å²) in [5.41, 5.74) is 1.47. The summed E-state index contributed by atoms with van der Waals surface area (Å²) in [6, 6.07) is 6.78. The summed E-state index contributed by atoms with van der Waals surface area (Å²) in [5.74, 6) is 0.121. The molecule has 0 aromatic heterocycles. The molecule has 1 aliphatic heterocycles. The zero-order valence-corrected chi connectivity index (χ0v) is 17.5. The van der Waals surface area contributed by atoms with Gasteiger partial charge in [-0.3, -0.25) is 14.4 Å². The Morgan fingerprint density at radius 2 is 1.79 bits per heavy atom. The van der Waals surface area contributed by atoms with Gasteiger partial charge >= 0.3 is 0 Å². The molecule has 1 fully saturated rings. The molecule has 1 aromatic rings. The Kier molecular flexibility index (Phi) is 8.03. The molecule has 1 atom stereocenters. The van der Waals surface area contributed by atoms with Gasteiger partial charge < -0.3 is 15.5 Å². The quantitative estimate of drug-likeness (QED) is 0.755. The standard InChI is InChI=1S/C22H33N3O3/c1-5-19(26)25-12-10-17(11-13-25)20(22(28)23-14-15(2)3)24-21(27)18-9-7-6-8-16(18)4/h6-9,15,17,20H,5,10-14H2,1-4H3,(H,23,28)(H,24,27). The Hall–Kier alpha value is -2.37. The molecule has 0 radical (unpaired) electrons. The molecule has 0 saturated carbocycles. The molecular weight excluding hydrogens is 354 g/mol. The summed E-state index contributed by atoms with van der Waals surface area (Å²) in [6.45, 7) is 9.66. The average Bonchev–Trinajstić information content (AvgIpc) is 2.70. The van der Waals surface area contributed by atoms with Gasteiger partial charge in [0.15, 0.2) is 0 Å². The lowest BCUT2D eigenvalue weighted by Crippen LogP contribution is -2.54. The van der Waals surface area contributed by atoms with Crippen molar-refractivity contribution in [3.63, 3.8) is 0 Å². The van der Waals surface area contributed by atoms with Crippen molar-refractivity contribution >= 4 is 17.7 Å². The van der Waals surface area contributed by atoms with E-state index < -0.39 is 6.04 Å². The van der Waals surface area contributed by atoms with E-state index in [4.69, 9.17) is 0 Å². The molecule has 1 aliphatic rings. The third-order valence-corrected chi connectivity index (χ3v) is 5.31. The van der Waals surface area contributed by atoms with Gasteiger partial charge in [0.25, 0.3) is 5.91 Å². The van der Waals surface area contributed by atoms with Gasteiger partial charge in [-0.05, 0) is 43.2 Å². The zero-order chi connectivity index (χ0) is 20.7. The van der Waals surface area contributed by atoms with Gasteiger partial charge in [0, 0.05) is 31.6 Å². The lowest BCUT2D eigenvalue weighted by atomic mass is 9.88. The maximum Gasteiger partial charge on any atom is 0.252 e. The number of benzene rings is 1. The smallest absolute Gasteiger partial charge is 0.252 e. The van der Waals surface area contributed by atoms with Crippen LogP contribution < -0.4 is 10.6 Å². The zero-order valence-electron chi connectivity index (χ0n) is 17.5. The molecule has 0 aliphatic carbocycles. The minimum Gasteiger partial charge on any atom is -0.354 e. The van der Waals surface area contributed by atoms with E-state index in [2.05, 4.69) is 10.6 Å². The van der Waals surface area contributed by atoms with Crippen LogP contribution in [-0.2, 0) is 9.59 Å². The second-order valence-electron chi connectivity index (χ2n) is 7.98. The average molecular weight is 388 g/mol. The summed E-state index contributed by atoms with van der Waals surface area (Å²) in [5, 5.41) is 5.93. The first-order valence-corrected chi connectivity index (χ1v) is 10.3. The van der Waals surface area contributed by atoms with Crippen molar-refractivity contribution in [3.8, 4) is 0 Å². The number of hydrogen-bond donors (Lipinski definition) is 2. The summed E-state index contributed by atoms with van der Waals surface area (Å²) in [7, 11) is 0. The Morgan fingerprint density at radius 1 is 1.14 bits per heavy atom. The van der Waals surface area contributed by atoms with Crippen LogP contribution in [0.25, 0.3) is 0 Å².